The summed E-state index contributed by atoms with van der Waals surface area (Å²) in [6.07, 6.45) is 1.11. The number of aromatic nitrogens is 1. The molecule has 0 spiro atoms. The smallest absolute Gasteiger partial charge is 0.329 e. The van der Waals surface area contributed by atoms with Crippen molar-refractivity contribution in [3.8, 4) is 0 Å². The molecule has 1 aromatic heterocycles. The minimum absolute atomic E-state index is 0.151. The molecule has 0 aromatic carbocycles. The van der Waals surface area contributed by atoms with E-state index < -0.39 is 27.9 Å². The summed E-state index contributed by atoms with van der Waals surface area (Å²) in [5.41, 5.74) is 4.55. The van der Waals surface area contributed by atoms with Crippen LogP contribution in [0.4, 0.5) is 13.2 Å². The molecule has 0 bridgehead atoms. The van der Waals surface area contributed by atoms with Gasteiger partial charge in [0.1, 0.15) is 10.6 Å². The molecule has 0 radical (unpaired) electrons. The SMILES string of the molecule is NCC(NS(=O)(=O)c1ccc(C(F)(F)F)nc1)C1CCCCC1. The van der Waals surface area contributed by atoms with E-state index in [-0.39, 0.29) is 17.4 Å². The van der Waals surface area contributed by atoms with E-state index in [1.807, 2.05) is 0 Å². The highest BCUT2D eigenvalue weighted by Gasteiger charge is 2.33. The van der Waals surface area contributed by atoms with E-state index in [4.69, 9.17) is 5.73 Å². The van der Waals surface area contributed by atoms with Crippen LogP contribution in [0.3, 0.4) is 0 Å². The van der Waals surface area contributed by atoms with Gasteiger partial charge in [-0.05, 0) is 30.9 Å². The number of nitrogens with one attached hydrogen (secondary N) is 1. The van der Waals surface area contributed by atoms with Crippen LogP contribution >= 0.6 is 0 Å². The number of nitrogens with two attached hydrogens (primary N) is 1. The average molecular weight is 351 g/mol. The van der Waals surface area contributed by atoms with Crippen molar-refractivity contribution in [3.63, 3.8) is 0 Å². The van der Waals surface area contributed by atoms with Crippen molar-refractivity contribution in [3.05, 3.63) is 24.0 Å². The zero-order valence-electron chi connectivity index (χ0n) is 12.5. The standard InChI is InChI=1S/C14H20F3N3O2S/c15-14(16,17)13-7-6-11(9-19-13)23(21,22)20-12(8-18)10-4-2-1-3-5-10/h6-7,9-10,12,20H,1-5,8,18H2. The first kappa shape index (κ1) is 18.2. The van der Waals surface area contributed by atoms with Crippen molar-refractivity contribution < 1.29 is 21.6 Å². The Hall–Kier alpha value is -1.19. The number of alkyl halides is 3. The highest BCUT2D eigenvalue weighted by molar-refractivity contribution is 7.89. The molecule has 1 atom stereocenters. The summed E-state index contributed by atoms with van der Waals surface area (Å²) in [7, 11) is -3.94. The number of sulfonamides is 1. The van der Waals surface area contributed by atoms with Gasteiger partial charge in [-0.25, -0.2) is 13.1 Å². The molecule has 130 valence electrons. The molecule has 1 unspecified atom stereocenters. The Morgan fingerprint density at radius 3 is 2.39 bits per heavy atom. The van der Waals surface area contributed by atoms with Gasteiger partial charge in [0.15, 0.2) is 0 Å². The van der Waals surface area contributed by atoms with E-state index >= 15 is 0 Å². The number of rotatable bonds is 5. The van der Waals surface area contributed by atoms with Crippen molar-refractivity contribution >= 4 is 10.0 Å². The van der Waals surface area contributed by atoms with Gasteiger partial charge in [0.2, 0.25) is 10.0 Å². The fourth-order valence-corrected chi connectivity index (χ4v) is 4.11. The van der Waals surface area contributed by atoms with Crippen LogP contribution in [-0.2, 0) is 16.2 Å². The van der Waals surface area contributed by atoms with E-state index in [2.05, 4.69) is 9.71 Å². The topological polar surface area (TPSA) is 85.1 Å². The van der Waals surface area contributed by atoms with Crippen molar-refractivity contribution in [1.29, 1.82) is 0 Å². The summed E-state index contributed by atoms with van der Waals surface area (Å²) in [5, 5.41) is 0. The third-order valence-corrected chi connectivity index (χ3v) is 5.59. The second-order valence-corrected chi connectivity index (χ2v) is 7.45. The molecule has 1 saturated carbocycles. The molecule has 9 heteroatoms. The van der Waals surface area contributed by atoms with Crippen LogP contribution in [-0.4, -0.2) is 26.0 Å². The quantitative estimate of drug-likeness (QED) is 0.852. The highest BCUT2D eigenvalue weighted by Crippen LogP contribution is 2.29. The largest absolute Gasteiger partial charge is 0.433 e. The van der Waals surface area contributed by atoms with Crippen molar-refractivity contribution in [2.24, 2.45) is 11.7 Å². The Bertz CT molecular complexity index is 611. The van der Waals surface area contributed by atoms with E-state index in [0.717, 1.165) is 44.4 Å². The molecule has 1 heterocycles. The zero-order chi connectivity index (χ0) is 17.1. The molecule has 3 N–H and O–H groups in total. The lowest BCUT2D eigenvalue weighted by Gasteiger charge is -2.29. The predicted molar refractivity (Wildman–Crippen MR) is 79.0 cm³/mol. The minimum Gasteiger partial charge on any atom is -0.329 e. The Kier molecular flexibility index (Phi) is 5.64. The molecular formula is C14H20F3N3O2S. The van der Waals surface area contributed by atoms with Gasteiger partial charge >= 0.3 is 6.18 Å². The molecule has 2 rings (SSSR count). The van der Waals surface area contributed by atoms with Crippen LogP contribution in [0.5, 0.6) is 0 Å². The normalized spacial score (nSPS) is 18.8. The van der Waals surface area contributed by atoms with E-state index in [1.165, 1.54) is 0 Å². The van der Waals surface area contributed by atoms with Gasteiger partial charge in [-0.15, -0.1) is 0 Å². The molecule has 0 aliphatic heterocycles. The van der Waals surface area contributed by atoms with Crippen molar-refractivity contribution in [1.82, 2.24) is 9.71 Å². The third kappa shape index (κ3) is 4.65. The number of hydrogen-bond donors (Lipinski definition) is 2. The second-order valence-electron chi connectivity index (χ2n) is 5.74. The van der Waals surface area contributed by atoms with Crippen LogP contribution in [0.1, 0.15) is 37.8 Å². The van der Waals surface area contributed by atoms with Crippen LogP contribution in [0.2, 0.25) is 0 Å². The number of hydrogen-bond acceptors (Lipinski definition) is 4. The molecular weight excluding hydrogens is 331 g/mol. The van der Waals surface area contributed by atoms with E-state index in [1.54, 1.807) is 0 Å². The van der Waals surface area contributed by atoms with Gasteiger partial charge in [-0.2, -0.15) is 13.2 Å². The lowest BCUT2D eigenvalue weighted by molar-refractivity contribution is -0.141. The fourth-order valence-electron chi connectivity index (χ4n) is 2.85. The van der Waals surface area contributed by atoms with Gasteiger partial charge in [-0.1, -0.05) is 19.3 Å². The van der Waals surface area contributed by atoms with E-state index in [9.17, 15) is 21.6 Å². The summed E-state index contributed by atoms with van der Waals surface area (Å²) < 4.78 is 64.6. The number of nitrogens with zero attached hydrogens (tertiary/aromatic N) is 1. The maximum Gasteiger partial charge on any atom is 0.433 e. The maximum atomic E-state index is 12.5. The molecule has 23 heavy (non-hydrogen) atoms. The third-order valence-electron chi connectivity index (χ3n) is 4.12. The number of pyridine rings is 1. The van der Waals surface area contributed by atoms with Crippen LogP contribution < -0.4 is 10.5 Å². The molecule has 1 fully saturated rings. The summed E-state index contributed by atoms with van der Waals surface area (Å²) >= 11 is 0. The van der Waals surface area contributed by atoms with Gasteiger partial charge in [0, 0.05) is 18.8 Å². The average Bonchev–Trinajstić information content (AvgIpc) is 2.53. The Labute approximate surface area is 133 Å². The van der Waals surface area contributed by atoms with Crippen LogP contribution in [0, 0.1) is 5.92 Å². The lowest BCUT2D eigenvalue weighted by Crippen LogP contribution is -2.45. The summed E-state index contributed by atoms with van der Waals surface area (Å²) in [6, 6.07) is 1.15. The van der Waals surface area contributed by atoms with Gasteiger partial charge < -0.3 is 5.73 Å². The monoisotopic (exact) mass is 351 g/mol. The van der Waals surface area contributed by atoms with Crippen LogP contribution in [0.15, 0.2) is 23.2 Å². The first-order valence-electron chi connectivity index (χ1n) is 7.49. The zero-order valence-corrected chi connectivity index (χ0v) is 13.3. The van der Waals surface area contributed by atoms with Crippen LogP contribution in [0.25, 0.3) is 0 Å². The van der Waals surface area contributed by atoms with Gasteiger partial charge in [-0.3, -0.25) is 4.98 Å². The fraction of sp³-hybridized carbons (Fsp3) is 0.643. The second kappa shape index (κ2) is 7.14. The molecule has 1 aromatic rings. The van der Waals surface area contributed by atoms with Crippen molar-refractivity contribution in [2.45, 2.75) is 49.2 Å². The van der Waals surface area contributed by atoms with Crippen molar-refractivity contribution in [2.75, 3.05) is 6.54 Å². The van der Waals surface area contributed by atoms with E-state index in [0.29, 0.717) is 6.07 Å². The number of halogens is 3. The lowest BCUT2D eigenvalue weighted by atomic mass is 9.84. The predicted octanol–water partition coefficient (Wildman–Crippen LogP) is 2.29. The Balaban J connectivity index is 2.13. The Morgan fingerprint density at radius 1 is 1.26 bits per heavy atom. The first-order valence-corrected chi connectivity index (χ1v) is 8.98. The molecule has 0 saturated heterocycles. The molecule has 1 aliphatic rings. The maximum absolute atomic E-state index is 12.5. The molecule has 0 amide bonds. The highest BCUT2D eigenvalue weighted by atomic mass is 32.2. The van der Waals surface area contributed by atoms with Gasteiger partial charge in [0.05, 0.1) is 0 Å². The summed E-state index contributed by atoms with van der Waals surface area (Å²) in [5.74, 6) is 0.158. The molecule has 1 aliphatic carbocycles. The summed E-state index contributed by atoms with van der Waals surface area (Å²) in [4.78, 5) is 2.89. The van der Waals surface area contributed by atoms with Gasteiger partial charge in [0.25, 0.3) is 0 Å². The minimum atomic E-state index is -4.60. The molecule has 5 nitrogen and oxygen atoms in total. The first-order chi connectivity index (χ1) is 10.7. The summed E-state index contributed by atoms with van der Waals surface area (Å²) in [6.45, 7) is 0.151. The Morgan fingerprint density at radius 2 is 1.91 bits per heavy atom.